The van der Waals surface area contributed by atoms with Crippen molar-refractivity contribution in [3.8, 4) is 0 Å². The number of fused-ring (bicyclic) bond motifs is 2. The van der Waals surface area contributed by atoms with Crippen LogP contribution in [0, 0.1) is 0 Å². The highest BCUT2D eigenvalue weighted by Gasteiger charge is 2.07. The number of rotatable bonds is 1. The Morgan fingerprint density at radius 2 is 2.24 bits per heavy atom. The molecule has 4 N–H and O–H groups in total. The maximum atomic E-state index is 11.7. The van der Waals surface area contributed by atoms with Gasteiger partial charge in [-0.25, -0.2) is 14.6 Å². The van der Waals surface area contributed by atoms with Gasteiger partial charge in [-0.15, -0.1) is 0 Å². The molecule has 0 amide bonds. The van der Waals surface area contributed by atoms with E-state index in [1.54, 1.807) is 30.2 Å². The number of anilines is 1. The Kier molecular flexibility index (Phi) is 1.82. The molecule has 0 fully saturated rings. The molecule has 3 rings (SSSR count). The van der Waals surface area contributed by atoms with Gasteiger partial charge in [0.2, 0.25) is 5.95 Å². The van der Waals surface area contributed by atoms with Crippen LogP contribution in [0.25, 0.3) is 21.9 Å². The van der Waals surface area contributed by atoms with Gasteiger partial charge in [0.1, 0.15) is 6.33 Å². The molecule has 0 spiro atoms. The highest BCUT2D eigenvalue weighted by molar-refractivity contribution is 5.93. The van der Waals surface area contributed by atoms with Crippen molar-refractivity contribution in [2.75, 3.05) is 18.2 Å². The number of nitrogens with two attached hydrogens (primary N) is 1. The van der Waals surface area contributed by atoms with E-state index < -0.39 is 0 Å². The van der Waals surface area contributed by atoms with Crippen molar-refractivity contribution in [3.63, 3.8) is 0 Å². The summed E-state index contributed by atoms with van der Waals surface area (Å²) < 4.78 is 1.74. The molecular formula is C10H10N6O. The molecule has 0 aliphatic carbocycles. The zero-order valence-corrected chi connectivity index (χ0v) is 9.06. The number of nitrogens with one attached hydrogen (secondary N) is 2. The highest BCUT2D eigenvalue weighted by Crippen LogP contribution is 2.17. The summed E-state index contributed by atoms with van der Waals surface area (Å²) in [5.74, 6) is 0.109. The zero-order chi connectivity index (χ0) is 12.0. The number of hydrogen-bond acceptors (Lipinski definition) is 5. The molecule has 0 atom stereocenters. The summed E-state index contributed by atoms with van der Waals surface area (Å²) in [6.07, 6.45) is 1.64. The third kappa shape index (κ3) is 1.32. The molecule has 7 heteroatoms. The lowest BCUT2D eigenvalue weighted by atomic mass is 10.2. The van der Waals surface area contributed by atoms with Gasteiger partial charge in [-0.2, -0.15) is 0 Å². The van der Waals surface area contributed by atoms with Gasteiger partial charge in [0.25, 0.3) is 5.56 Å². The van der Waals surface area contributed by atoms with Crippen LogP contribution in [0.15, 0.2) is 23.3 Å². The van der Waals surface area contributed by atoms with Gasteiger partial charge < -0.3 is 11.2 Å². The van der Waals surface area contributed by atoms with E-state index in [0.717, 1.165) is 11.0 Å². The van der Waals surface area contributed by atoms with E-state index in [4.69, 9.17) is 5.73 Å². The Morgan fingerprint density at radius 3 is 3.00 bits per heavy atom. The number of aromatic nitrogens is 4. The lowest BCUT2D eigenvalue weighted by Gasteiger charge is -2.02. The summed E-state index contributed by atoms with van der Waals surface area (Å²) in [5, 5.41) is 0.480. The number of nitrogen functional groups attached to an aromatic ring is 1. The molecule has 0 saturated carbocycles. The largest absolute Gasteiger partial charge is 0.369 e. The molecule has 0 unspecified atom stereocenters. The highest BCUT2D eigenvalue weighted by atomic mass is 16.1. The van der Waals surface area contributed by atoms with E-state index in [0.29, 0.717) is 10.9 Å². The van der Waals surface area contributed by atoms with Gasteiger partial charge in [-0.05, 0) is 12.1 Å². The topological polar surface area (TPSA) is 102 Å². The minimum atomic E-state index is -0.256. The Hall–Kier alpha value is -2.57. The van der Waals surface area contributed by atoms with E-state index in [1.807, 2.05) is 0 Å². The normalized spacial score (nSPS) is 11.1. The lowest BCUT2D eigenvalue weighted by molar-refractivity contribution is 0.956. The maximum absolute atomic E-state index is 11.7. The van der Waals surface area contributed by atoms with Crippen molar-refractivity contribution < 1.29 is 0 Å². The Bertz CT molecular complexity index is 771. The minimum Gasteiger partial charge on any atom is -0.369 e. The smallest absolute Gasteiger partial charge is 0.260 e. The second kappa shape index (κ2) is 3.21. The Balaban J connectivity index is 2.50. The monoisotopic (exact) mass is 230 g/mol. The van der Waals surface area contributed by atoms with Crippen LogP contribution in [-0.2, 0) is 0 Å². The summed E-state index contributed by atoms with van der Waals surface area (Å²) >= 11 is 0. The van der Waals surface area contributed by atoms with E-state index in [9.17, 15) is 4.79 Å². The SMILES string of the molecule is CNn1cnc2cc3c(=O)[nH]c(N)nc3cc21. The molecule has 0 aliphatic heterocycles. The molecule has 17 heavy (non-hydrogen) atoms. The van der Waals surface area contributed by atoms with Crippen LogP contribution in [-0.4, -0.2) is 26.7 Å². The molecule has 2 heterocycles. The van der Waals surface area contributed by atoms with Crippen LogP contribution in [0.2, 0.25) is 0 Å². The van der Waals surface area contributed by atoms with Crippen LogP contribution >= 0.6 is 0 Å². The first-order chi connectivity index (χ1) is 8.19. The molecular weight excluding hydrogens is 220 g/mol. The van der Waals surface area contributed by atoms with Crippen molar-refractivity contribution >= 4 is 27.9 Å². The molecule has 7 nitrogen and oxygen atoms in total. The van der Waals surface area contributed by atoms with Crippen molar-refractivity contribution in [1.82, 2.24) is 19.6 Å². The first kappa shape index (κ1) is 9.64. The number of aromatic amines is 1. The van der Waals surface area contributed by atoms with Crippen LogP contribution in [0.5, 0.6) is 0 Å². The van der Waals surface area contributed by atoms with Crippen LogP contribution in [0.4, 0.5) is 5.95 Å². The summed E-state index contributed by atoms with van der Waals surface area (Å²) in [7, 11) is 1.78. The standard InChI is InChI=1S/C10H10N6O/c1-12-16-4-13-7-2-5-6(3-8(7)16)14-10(11)15-9(5)17/h2-4,12H,1H3,(H3,11,14,15,17). The molecule has 0 saturated heterocycles. The third-order valence-electron chi connectivity index (χ3n) is 2.63. The molecule has 0 radical (unpaired) electrons. The van der Waals surface area contributed by atoms with E-state index in [2.05, 4.69) is 20.4 Å². The zero-order valence-electron chi connectivity index (χ0n) is 9.06. The fourth-order valence-electron chi connectivity index (χ4n) is 1.84. The van der Waals surface area contributed by atoms with Crippen LogP contribution in [0.1, 0.15) is 0 Å². The fraction of sp³-hybridized carbons (Fsp3) is 0.100. The van der Waals surface area contributed by atoms with Crippen LogP contribution in [0.3, 0.4) is 0 Å². The molecule has 86 valence electrons. The van der Waals surface area contributed by atoms with Crippen molar-refractivity contribution in [2.24, 2.45) is 0 Å². The average Bonchev–Trinajstić information content (AvgIpc) is 2.68. The second-order valence-corrected chi connectivity index (χ2v) is 3.65. The minimum absolute atomic E-state index is 0.109. The number of benzene rings is 1. The average molecular weight is 230 g/mol. The van der Waals surface area contributed by atoms with E-state index in [1.165, 1.54) is 0 Å². The summed E-state index contributed by atoms with van der Waals surface area (Å²) in [5.41, 5.74) is 10.3. The van der Waals surface area contributed by atoms with Crippen LogP contribution < -0.4 is 16.7 Å². The Labute approximate surface area is 95.3 Å². The molecule has 0 bridgehead atoms. The quantitative estimate of drug-likeness (QED) is 0.547. The number of H-pyrrole nitrogens is 1. The fourth-order valence-corrected chi connectivity index (χ4v) is 1.84. The molecule has 0 aliphatic rings. The summed E-state index contributed by atoms with van der Waals surface area (Å²) in [6.45, 7) is 0. The third-order valence-corrected chi connectivity index (χ3v) is 2.63. The molecule has 2 aromatic heterocycles. The van der Waals surface area contributed by atoms with Gasteiger partial charge in [0.05, 0.1) is 21.9 Å². The number of hydrogen-bond donors (Lipinski definition) is 3. The first-order valence-corrected chi connectivity index (χ1v) is 5.03. The van der Waals surface area contributed by atoms with Gasteiger partial charge in [0.15, 0.2) is 0 Å². The predicted octanol–water partition coefficient (Wildman–Crippen LogP) is 0.0283. The Morgan fingerprint density at radius 1 is 1.41 bits per heavy atom. The van der Waals surface area contributed by atoms with Gasteiger partial charge in [-0.3, -0.25) is 9.78 Å². The molecule has 3 aromatic rings. The molecule has 1 aromatic carbocycles. The summed E-state index contributed by atoms with van der Waals surface area (Å²) in [6, 6.07) is 3.48. The van der Waals surface area contributed by atoms with Gasteiger partial charge in [0, 0.05) is 7.05 Å². The number of nitrogens with zero attached hydrogens (tertiary/aromatic N) is 3. The van der Waals surface area contributed by atoms with E-state index in [-0.39, 0.29) is 11.5 Å². The first-order valence-electron chi connectivity index (χ1n) is 5.03. The summed E-state index contributed by atoms with van der Waals surface area (Å²) in [4.78, 5) is 22.4. The van der Waals surface area contributed by atoms with Crippen molar-refractivity contribution in [3.05, 3.63) is 28.8 Å². The number of imidazole rings is 1. The second-order valence-electron chi connectivity index (χ2n) is 3.65. The van der Waals surface area contributed by atoms with Crippen molar-refractivity contribution in [2.45, 2.75) is 0 Å². The van der Waals surface area contributed by atoms with Crippen molar-refractivity contribution in [1.29, 1.82) is 0 Å². The maximum Gasteiger partial charge on any atom is 0.260 e. The van der Waals surface area contributed by atoms with Gasteiger partial charge >= 0.3 is 0 Å². The van der Waals surface area contributed by atoms with Gasteiger partial charge in [-0.1, -0.05) is 0 Å². The lowest BCUT2D eigenvalue weighted by Crippen LogP contribution is -2.11. The predicted molar refractivity (Wildman–Crippen MR) is 65.4 cm³/mol. The van der Waals surface area contributed by atoms with E-state index >= 15 is 0 Å².